The summed E-state index contributed by atoms with van der Waals surface area (Å²) in [7, 11) is -4.52. The van der Waals surface area contributed by atoms with E-state index < -0.39 is 68.0 Å². The summed E-state index contributed by atoms with van der Waals surface area (Å²) in [4.78, 5) is 37.4. The van der Waals surface area contributed by atoms with Gasteiger partial charge >= 0.3 is 19.4 Å². The van der Waals surface area contributed by atoms with Crippen LogP contribution in [0.2, 0.25) is 0 Å². The van der Waals surface area contributed by atoms with E-state index in [-0.39, 0.29) is 5.75 Å². The number of halogens is 1. The highest BCUT2D eigenvalue weighted by atomic mass is 31.2. The van der Waals surface area contributed by atoms with Crippen LogP contribution in [0.3, 0.4) is 0 Å². The summed E-state index contributed by atoms with van der Waals surface area (Å²) in [6.45, 7) is 3.30. The van der Waals surface area contributed by atoms with Crippen molar-refractivity contribution in [3.63, 3.8) is 0 Å². The van der Waals surface area contributed by atoms with Gasteiger partial charge in [0.15, 0.2) is 6.23 Å². The molecular formula is C21H27FN3O10P. The molecule has 3 rings (SSSR count). The first-order valence-electron chi connectivity index (χ1n) is 10.9. The normalized spacial score (nSPS) is 26.4. The number of carbonyl (C=O) groups excluding carboxylic acids is 1. The standard InChI is InChI=1S/C21H27FN3O10P/c1-12(2)33-19(29)13(3)24-36(31,35-14-7-5-4-6-8-14)32-11-21(22)17(28)16(27)18(34-21)25-10-9-15(26)23-20(25)30/h4-10,12-13,16-18,27-28H,11H2,1-3H3,(H,24,31)(H,23,26,30)/t13-,16+,17-,18+,21+,36?/m0/s1. The van der Waals surface area contributed by atoms with Crippen LogP contribution in [0.25, 0.3) is 0 Å². The molecule has 0 bridgehead atoms. The first kappa shape index (κ1) is 27.7. The molecule has 1 unspecified atom stereocenters. The Morgan fingerprint density at radius 1 is 1.25 bits per heavy atom. The van der Waals surface area contributed by atoms with Crippen LogP contribution in [0.5, 0.6) is 5.75 Å². The number of alkyl halides is 1. The smallest absolute Gasteiger partial charge is 0.459 e. The van der Waals surface area contributed by atoms with Gasteiger partial charge in [-0.05, 0) is 32.9 Å². The summed E-state index contributed by atoms with van der Waals surface area (Å²) in [6, 6.07) is 7.38. The van der Waals surface area contributed by atoms with Crippen molar-refractivity contribution in [2.24, 2.45) is 0 Å². The number of H-pyrrole nitrogens is 1. The van der Waals surface area contributed by atoms with Crippen molar-refractivity contribution >= 4 is 13.7 Å². The van der Waals surface area contributed by atoms with Crippen LogP contribution < -0.4 is 20.9 Å². The van der Waals surface area contributed by atoms with E-state index in [1.165, 1.54) is 19.1 Å². The lowest BCUT2D eigenvalue weighted by molar-refractivity contribution is -0.204. The molecule has 0 amide bonds. The molecule has 13 nitrogen and oxygen atoms in total. The second-order valence-corrected chi connectivity index (χ2v) is 9.95. The fraction of sp³-hybridized carbons (Fsp3) is 0.476. The third-order valence-corrected chi connectivity index (χ3v) is 6.58. The van der Waals surface area contributed by atoms with Crippen molar-refractivity contribution < 1.29 is 42.5 Å². The van der Waals surface area contributed by atoms with Crippen molar-refractivity contribution in [1.29, 1.82) is 0 Å². The molecule has 1 aromatic heterocycles. The summed E-state index contributed by atoms with van der Waals surface area (Å²) >= 11 is 0. The number of aliphatic hydroxyl groups is 2. The van der Waals surface area contributed by atoms with E-state index in [9.17, 15) is 29.2 Å². The van der Waals surface area contributed by atoms with Crippen molar-refractivity contribution in [1.82, 2.24) is 14.6 Å². The first-order chi connectivity index (χ1) is 16.8. The molecule has 2 aromatic rings. The topological polar surface area (TPSA) is 178 Å². The summed E-state index contributed by atoms with van der Waals surface area (Å²) in [5.41, 5.74) is -1.77. The number of para-hydroxylation sites is 1. The molecule has 0 spiro atoms. The molecule has 1 fully saturated rings. The number of hydrogen-bond donors (Lipinski definition) is 4. The number of aromatic amines is 1. The van der Waals surface area contributed by atoms with Gasteiger partial charge < -0.3 is 24.2 Å². The van der Waals surface area contributed by atoms with Crippen LogP contribution in [-0.4, -0.2) is 62.5 Å². The van der Waals surface area contributed by atoms with Crippen LogP contribution in [0.1, 0.15) is 27.0 Å². The van der Waals surface area contributed by atoms with Crippen LogP contribution in [0.15, 0.2) is 52.2 Å². The maximum Gasteiger partial charge on any atom is 0.459 e. The molecule has 2 heterocycles. The number of aromatic nitrogens is 2. The molecule has 6 atom stereocenters. The van der Waals surface area contributed by atoms with E-state index in [1.54, 1.807) is 32.0 Å². The number of esters is 1. The number of nitrogens with zero attached hydrogens (tertiary/aromatic N) is 1. The minimum atomic E-state index is -4.52. The van der Waals surface area contributed by atoms with Gasteiger partial charge in [0.2, 0.25) is 0 Å². The Morgan fingerprint density at radius 2 is 1.92 bits per heavy atom. The SMILES string of the molecule is CC(C)OC(=O)[C@H](C)NP(=O)(OC[C@@]1(F)O[C@@H](n2ccc(=O)[nH]c2=O)[C@H](O)[C@@H]1O)Oc1ccccc1. The van der Waals surface area contributed by atoms with Gasteiger partial charge in [-0.1, -0.05) is 18.2 Å². The van der Waals surface area contributed by atoms with Gasteiger partial charge in [0, 0.05) is 12.3 Å². The van der Waals surface area contributed by atoms with Crippen molar-refractivity contribution in [3.8, 4) is 5.75 Å². The Balaban J connectivity index is 1.81. The van der Waals surface area contributed by atoms with E-state index in [2.05, 4.69) is 5.09 Å². The van der Waals surface area contributed by atoms with Crippen LogP contribution >= 0.6 is 7.75 Å². The molecule has 0 radical (unpaired) electrons. The zero-order chi connectivity index (χ0) is 26.7. The molecule has 198 valence electrons. The summed E-state index contributed by atoms with van der Waals surface area (Å²) in [5, 5.41) is 23.0. The fourth-order valence-electron chi connectivity index (χ4n) is 3.23. The number of benzene rings is 1. The molecule has 0 saturated carbocycles. The van der Waals surface area contributed by atoms with Gasteiger partial charge in [-0.2, -0.15) is 5.09 Å². The van der Waals surface area contributed by atoms with Crippen molar-refractivity contribution in [2.45, 2.75) is 57.2 Å². The Hall–Kier alpha value is -2.87. The Bertz CT molecular complexity index is 1220. The Morgan fingerprint density at radius 3 is 2.53 bits per heavy atom. The number of carbonyl (C=O) groups is 1. The lowest BCUT2D eigenvalue weighted by atomic mass is 10.1. The number of hydrogen-bond acceptors (Lipinski definition) is 10. The summed E-state index contributed by atoms with van der Waals surface area (Å²) in [6.07, 6.45) is -5.50. The van der Waals surface area contributed by atoms with E-state index in [0.29, 0.717) is 4.57 Å². The van der Waals surface area contributed by atoms with E-state index in [4.69, 9.17) is 18.5 Å². The first-order valence-corrected chi connectivity index (χ1v) is 12.4. The minimum absolute atomic E-state index is 0.0521. The predicted molar refractivity (Wildman–Crippen MR) is 122 cm³/mol. The van der Waals surface area contributed by atoms with E-state index in [1.807, 2.05) is 4.98 Å². The highest BCUT2D eigenvalue weighted by molar-refractivity contribution is 7.52. The lowest BCUT2D eigenvalue weighted by Crippen LogP contribution is -2.44. The minimum Gasteiger partial charge on any atom is -0.462 e. The molecule has 1 aromatic carbocycles. The van der Waals surface area contributed by atoms with Gasteiger partial charge in [-0.25, -0.2) is 13.8 Å². The van der Waals surface area contributed by atoms with E-state index >= 15 is 4.39 Å². The second kappa shape index (κ2) is 11.0. The van der Waals surface area contributed by atoms with Crippen molar-refractivity contribution in [3.05, 3.63) is 63.4 Å². The molecule has 1 aliphatic rings. The zero-order valence-corrected chi connectivity index (χ0v) is 20.5. The van der Waals surface area contributed by atoms with E-state index in [0.717, 1.165) is 12.3 Å². The molecule has 1 saturated heterocycles. The maximum atomic E-state index is 15.6. The molecule has 15 heteroatoms. The van der Waals surface area contributed by atoms with Crippen LogP contribution in [0.4, 0.5) is 4.39 Å². The molecule has 1 aliphatic heterocycles. The van der Waals surface area contributed by atoms with Crippen LogP contribution in [0, 0.1) is 0 Å². The number of rotatable bonds is 10. The highest BCUT2D eigenvalue weighted by Crippen LogP contribution is 2.48. The third kappa shape index (κ3) is 6.46. The zero-order valence-electron chi connectivity index (χ0n) is 19.6. The van der Waals surface area contributed by atoms with Gasteiger partial charge in [-0.3, -0.25) is 23.7 Å². The van der Waals surface area contributed by atoms with Crippen LogP contribution in [-0.2, 0) is 23.4 Å². The third-order valence-electron chi connectivity index (χ3n) is 4.96. The number of nitrogens with one attached hydrogen (secondary N) is 2. The average molecular weight is 531 g/mol. The summed E-state index contributed by atoms with van der Waals surface area (Å²) < 4.78 is 50.5. The largest absolute Gasteiger partial charge is 0.462 e. The molecule has 4 N–H and O–H groups in total. The molecule has 36 heavy (non-hydrogen) atoms. The average Bonchev–Trinajstić information content (AvgIpc) is 3.02. The monoisotopic (exact) mass is 531 g/mol. The number of aliphatic hydroxyl groups excluding tert-OH is 2. The Kier molecular flexibility index (Phi) is 8.49. The van der Waals surface area contributed by atoms with Crippen molar-refractivity contribution in [2.75, 3.05) is 6.61 Å². The quantitative estimate of drug-likeness (QED) is 0.249. The summed E-state index contributed by atoms with van der Waals surface area (Å²) in [5.74, 6) is -3.90. The van der Waals surface area contributed by atoms with Gasteiger partial charge in [0.05, 0.1) is 6.10 Å². The number of ether oxygens (including phenoxy) is 2. The maximum absolute atomic E-state index is 15.6. The molecular weight excluding hydrogens is 504 g/mol. The van der Waals surface area contributed by atoms with Gasteiger partial charge in [0.1, 0.15) is 30.6 Å². The lowest BCUT2D eigenvalue weighted by Gasteiger charge is -2.27. The second-order valence-electron chi connectivity index (χ2n) is 8.26. The van der Waals surface area contributed by atoms with Gasteiger partial charge in [-0.15, -0.1) is 0 Å². The van der Waals surface area contributed by atoms with Gasteiger partial charge in [0.25, 0.3) is 11.4 Å². The Labute approximate surface area is 204 Å². The molecule has 0 aliphatic carbocycles. The predicted octanol–water partition coefficient (Wildman–Crippen LogP) is 0.586. The highest BCUT2D eigenvalue weighted by Gasteiger charge is 2.57. The fourth-order valence-corrected chi connectivity index (χ4v) is 4.73.